The highest BCUT2D eigenvalue weighted by Gasteiger charge is 2.30. The highest BCUT2D eigenvalue weighted by molar-refractivity contribution is 5.52. The van der Waals surface area contributed by atoms with Gasteiger partial charge in [-0.3, -0.25) is 0 Å². The van der Waals surface area contributed by atoms with Gasteiger partial charge in [-0.1, -0.05) is 20.8 Å². The van der Waals surface area contributed by atoms with Crippen LogP contribution in [0, 0.1) is 34.3 Å². The molecule has 1 aromatic carbocycles. The van der Waals surface area contributed by atoms with Gasteiger partial charge in [-0.15, -0.1) is 0 Å². The zero-order valence-electron chi connectivity index (χ0n) is 12.2. The van der Waals surface area contributed by atoms with Crippen LogP contribution in [-0.4, -0.2) is 13.1 Å². The van der Waals surface area contributed by atoms with Gasteiger partial charge in [0, 0.05) is 13.1 Å². The SMILES string of the molecule is CC(C)(C)C1CCN(c2c(F)cc(C#N)cc2F)CC1. The Morgan fingerprint density at radius 2 is 1.65 bits per heavy atom. The van der Waals surface area contributed by atoms with Crippen LogP contribution < -0.4 is 4.90 Å². The molecule has 0 atom stereocenters. The molecule has 1 aliphatic rings. The fourth-order valence-electron chi connectivity index (χ4n) is 2.90. The number of benzene rings is 1. The van der Waals surface area contributed by atoms with E-state index in [0.29, 0.717) is 19.0 Å². The first-order valence-corrected chi connectivity index (χ1v) is 6.97. The Balaban J connectivity index is 2.18. The molecule has 1 aromatic rings. The van der Waals surface area contributed by atoms with Crippen molar-refractivity contribution in [2.24, 2.45) is 11.3 Å². The van der Waals surface area contributed by atoms with E-state index in [1.165, 1.54) is 0 Å². The number of hydrogen-bond donors (Lipinski definition) is 0. The monoisotopic (exact) mass is 278 g/mol. The minimum atomic E-state index is -0.643. The van der Waals surface area contributed by atoms with Crippen molar-refractivity contribution in [3.8, 4) is 6.07 Å². The van der Waals surface area contributed by atoms with Crippen molar-refractivity contribution < 1.29 is 8.78 Å². The maximum atomic E-state index is 14.0. The summed E-state index contributed by atoms with van der Waals surface area (Å²) in [6, 6.07) is 3.98. The van der Waals surface area contributed by atoms with E-state index in [-0.39, 0.29) is 16.7 Å². The van der Waals surface area contributed by atoms with Crippen molar-refractivity contribution in [1.29, 1.82) is 5.26 Å². The topological polar surface area (TPSA) is 27.0 Å². The summed E-state index contributed by atoms with van der Waals surface area (Å²) in [7, 11) is 0. The molecule has 0 aliphatic carbocycles. The van der Waals surface area contributed by atoms with Crippen molar-refractivity contribution in [1.82, 2.24) is 0 Å². The second kappa shape index (κ2) is 5.40. The lowest BCUT2D eigenvalue weighted by Crippen LogP contribution is -2.38. The molecule has 0 amide bonds. The highest BCUT2D eigenvalue weighted by atomic mass is 19.1. The summed E-state index contributed by atoms with van der Waals surface area (Å²) >= 11 is 0. The zero-order chi connectivity index (χ0) is 14.9. The first-order chi connectivity index (χ1) is 9.32. The van der Waals surface area contributed by atoms with Crippen molar-refractivity contribution in [2.45, 2.75) is 33.6 Å². The highest BCUT2D eigenvalue weighted by Crippen LogP contribution is 2.36. The number of rotatable bonds is 1. The number of nitrogens with zero attached hydrogens (tertiary/aromatic N) is 2. The molecular formula is C16H20F2N2. The van der Waals surface area contributed by atoms with Crippen LogP contribution in [0.1, 0.15) is 39.2 Å². The van der Waals surface area contributed by atoms with Gasteiger partial charge in [0.05, 0.1) is 11.6 Å². The van der Waals surface area contributed by atoms with Gasteiger partial charge < -0.3 is 4.90 Å². The van der Waals surface area contributed by atoms with Crippen LogP contribution in [-0.2, 0) is 0 Å². The third kappa shape index (κ3) is 2.92. The van der Waals surface area contributed by atoms with Gasteiger partial charge >= 0.3 is 0 Å². The Morgan fingerprint density at radius 1 is 1.15 bits per heavy atom. The van der Waals surface area contributed by atoms with Crippen molar-refractivity contribution in [2.75, 3.05) is 18.0 Å². The number of nitriles is 1. The average molecular weight is 278 g/mol. The molecule has 2 nitrogen and oxygen atoms in total. The van der Waals surface area contributed by atoms with Gasteiger partial charge in [0.2, 0.25) is 0 Å². The molecule has 0 aromatic heterocycles. The molecule has 0 bridgehead atoms. The minimum absolute atomic E-state index is 0.0105. The zero-order valence-corrected chi connectivity index (χ0v) is 12.2. The number of hydrogen-bond acceptors (Lipinski definition) is 2. The third-order valence-corrected chi connectivity index (χ3v) is 4.18. The molecule has 108 valence electrons. The summed E-state index contributed by atoms with van der Waals surface area (Å²) in [5.41, 5.74) is 0.262. The van der Waals surface area contributed by atoms with E-state index < -0.39 is 11.6 Å². The quantitative estimate of drug-likeness (QED) is 0.773. The predicted octanol–water partition coefficient (Wildman–Crippen LogP) is 4.10. The van der Waals surface area contributed by atoms with Crippen molar-refractivity contribution >= 4 is 5.69 Å². The summed E-state index contributed by atoms with van der Waals surface area (Å²) in [4.78, 5) is 1.76. The predicted molar refractivity (Wildman–Crippen MR) is 75.5 cm³/mol. The van der Waals surface area contributed by atoms with Crippen LogP contribution >= 0.6 is 0 Å². The van der Waals surface area contributed by atoms with Gasteiger partial charge in [0.25, 0.3) is 0 Å². The van der Waals surface area contributed by atoms with Crippen LogP contribution in [0.15, 0.2) is 12.1 Å². The molecule has 20 heavy (non-hydrogen) atoms. The first-order valence-electron chi connectivity index (χ1n) is 6.97. The standard InChI is InChI=1S/C16H20F2N2/c1-16(2,3)12-4-6-20(7-5-12)15-13(17)8-11(10-19)9-14(15)18/h8-9,12H,4-7H2,1-3H3. The van der Waals surface area contributed by atoms with E-state index in [9.17, 15) is 8.78 Å². The lowest BCUT2D eigenvalue weighted by atomic mass is 9.75. The smallest absolute Gasteiger partial charge is 0.150 e. The van der Waals surface area contributed by atoms with Gasteiger partial charge in [-0.05, 0) is 36.3 Å². The van der Waals surface area contributed by atoms with Gasteiger partial charge in [0.15, 0.2) is 11.6 Å². The Kier molecular flexibility index (Phi) is 3.99. The summed E-state index contributed by atoms with van der Waals surface area (Å²) in [5.74, 6) is -0.713. The molecule has 1 heterocycles. The molecule has 4 heteroatoms. The van der Waals surface area contributed by atoms with E-state index >= 15 is 0 Å². The average Bonchev–Trinajstić information content (AvgIpc) is 2.37. The van der Waals surface area contributed by atoms with Crippen LogP contribution in [0.25, 0.3) is 0 Å². The lowest BCUT2D eigenvalue weighted by Gasteiger charge is -2.39. The molecule has 1 aliphatic heterocycles. The largest absolute Gasteiger partial charge is 0.367 e. The summed E-state index contributed by atoms with van der Waals surface area (Å²) in [6.45, 7) is 7.92. The Morgan fingerprint density at radius 3 is 2.05 bits per heavy atom. The van der Waals surface area contributed by atoms with E-state index in [1.807, 2.05) is 0 Å². The van der Waals surface area contributed by atoms with Crippen LogP contribution in [0.3, 0.4) is 0 Å². The Labute approximate surface area is 119 Å². The molecule has 1 saturated heterocycles. The first kappa shape index (κ1) is 14.8. The van der Waals surface area contributed by atoms with Crippen molar-refractivity contribution in [3.05, 3.63) is 29.3 Å². The van der Waals surface area contributed by atoms with E-state index in [1.54, 1.807) is 11.0 Å². The van der Waals surface area contributed by atoms with Gasteiger partial charge in [0.1, 0.15) is 5.69 Å². The second-order valence-electron chi connectivity index (χ2n) is 6.53. The fraction of sp³-hybridized carbons (Fsp3) is 0.562. The van der Waals surface area contributed by atoms with Crippen molar-refractivity contribution in [3.63, 3.8) is 0 Å². The number of anilines is 1. The minimum Gasteiger partial charge on any atom is -0.367 e. The van der Waals surface area contributed by atoms with Gasteiger partial charge in [-0.2, -0.15) is 5.26 Å². The Hall–Kier alpha value is -1.63. The third-order valence-electron chi connectivity index (χ3n) is 4.18. The summed E-state index contributed by atoms with van der Waals surface area (Å²) in [5, 5.41) is 8.72. The normalized spacial score (nSPS) is 17.1. The second-order valence-corrected chi connectivity index (χ2v) is 6.53. The molecular weight excluding hydrogens is 258 g/mol. The molecule has 2 rings (SSSR count). The molecule has 0 saturated carbocycles. The van der Waals surface area contributed by atoms with Crippen LogP contribution in [0.4, 0.5) is 14.5 Å². The van der Waals surface area contributed by atoms with E-state index in [0.717, 1.165) is 25.0 Å². The fourth-order valence-corrected chi connectivity index (χ4v) is 2.90. The summed E-state index contributed by atoms with van der Waals surface area (Å²) < 4.78 is 28.0. The summed E-state index contributed by atoms with van der Waals surface area (Å²) in [6.07, 6.45) is 1.87. The molecule has 0 unspecified atom stereocenters. The van der Waals surface area contributed by atoms with E-state index in [2.05, 4.69) is 20.8 Å². The van der Waals surface area contributed by atoms with Crippen LogP contribution in [0.2, 0.25) is 0 Å². The lowest BCUT2D eigenvalue weighted by molar-refractivity contribution is 0.198. The van der Waals surface area contributed by atoms with E-state index in [4.69, 9.17) is 5.26 Å². The number of halogens is 2. The molecule has 1 fully saturated rings. The van der Waals surface area contributed by atoms with Crippen LogP contribution in [0.5, 0.6) is 0 Å². The van der Waals surface area contributed by atoms with Gasteiger partial charge in [-0.25, -0.2) is 8.78 Å². The Bertz CT molecular complexity index is 509. The number of piperidine rings is 1. The molecule has 0 N–H and O–H groups in total. The maximum absolute atomic E-state index is 14.0. The molecule has 0 radical (unpaired) electrons. The molecule has 0 spiro atoms. The maximum Gasteiger partial charge on any atom is 0.150 e.